The predicted octanol–water partition coefficient (Wildman–Crippen LogP) is 1.88. The molecule has 2 aliphatic rings. The van der Waals surface area contributed by atoms with Crippen LogP contribution in [0.4, 0.5) is 0 Å². The Hall–Kier alpha value is -2.93. The highest BCUT2D eigenvalue weighted by atomic mass is 16.3. The Labute approximate surface area is 168 Å². The zero-order valence-electron chi connectivity index (χ0n) is 16.4. The minimum Gasteiger partial charge on any atom is -0.385 e. The van der Waals surface area contributed by atoms with Crippen LogP contribution in [0.1, 0.15) is 40.7 Å². The van der Waals surface area contributed by atoms with Crippen molar-refractivity contribution in [1.29, 1.82) is 0 Å². The number of para-hydroxylation sites is 1. The highest BCUT2D eigenvalue weighted by Crippen LogP contribution is 2.30. The number of pyridine rings is 1. The molecule has 0 spiro atoms. The van der Waals surface area contributed by atoms with Gasteiger partial charge in [0.15, 0.2) is 0 Å². The third kappa shape index (κ3) is 2.88. The van der Waals surface area contributed by atoms with Crippen molar-refractivity contribution < 1.29 is 9.90 Å². The summed E-state index contributed by atoms with van der Waals surface area (Å²) in [4.78, 5) is 32.1. The van der Waals surface area contributed by atoms with Crippen LogP contribution in [0.15, 0.2) is 41.6 Å². The van der Waals surface area contributed by atoms with E-state index in [9.17, 15) is 14.7 Å². The number of nitrogens with zero attached hydrogens (tertiary/aromatic N) is 4. The monoisotopic (exact) mass is 392 g/mol. The molecule has 1 fully saturated rings. The van der Waals surface area contributed by atoms with E-state index in [0.717, 1.165) is 18.5 Å². The van der Waals surface area contributed by atoms with Crippen molar-refractivity contribution in [2.75, 3.05) is 13.1 Å². The lowest BCUT2D eigenvalue weighted by Gasteiger charge is -2.34. The van der Waals surface area contributed by atoms with Crippen LogP contribution >= 0.6 is 0 Å². The molecule has 4 heterocycles. The number of carbonyl (C=O) groups is 1. The van der Waals surface area contributed by atoms with Crippen LogP contribution in [0.25, 0.3) is 10.9 Å². The fourth-order valence-corrected chi connectivity index (χ4v) is 4.77. The molecule has 0 radical (unpaired) electrons. The first-order valence-electron chi connectivity index (χ1n) is 10.1. The third-order valence-corrected chi connectivity index (χ3v) is 6.43. The summed E-state index contributed by atoms with van der Waals surface area (Å²) in [5.41, 5.74) is 2.20. The van der Waals surface area contributed by atoms with Gasteiger partial charge >= 0.3 is 0 Å². The smallest absolute Gasteiger partial charge is 0.259 e. The number of piperidine rings is 1. The second-order valence-electron chi connectivity index (χ2n) is 8.10. The minimum absolute atomic E-state index is 0.0538. The van der Waals surface area contributed by atoms with Crippen LogP contribution < -0.4 is 5.43 Å². The van der Waals surface area contributed by atoms with Crippen molar-refractivity contribution in [3.63, 3.8) is 0 Å². The summed E-state index contributed by atoms with van der Waals surface area (Å²) in [6, 6.07) is 5.76. The van der Waals surface area contributed by atoms with E-state index in [4.69, 9.17) is 0 Å². The number of aliphatic hydroxyl groups excluding tert-OH is 1. The summed E-state index contributed by atoms with van der Waals surface area (Å²) in [5, 5.41) is 11.3. The molecule has 1 atom stereocenters. The van der Waals surface area contributed by atoms with Gasteiger partial charge in [-0.15, -0.1) is 0 Å². The molecule has 2 aliphatic heterocycles. The van der Waals surface area contributed by atoms with Crippen LogP contribution in [-0.2, 0) is 20.0 Å². The zero-order chi connectivity index (χ0) is 20.1. The van der Waals surface area contributed by atoms with Crippen molar-refractivity contribution >= 4 is 16.8 Å². The van der Waals surface area contributed by atoms with E-state index in [1.807, 2.05) is 40.6 Å². The fraction of sp³-hybridized carbons (Fsp3) is 0.409. The SMILES string of the molecule is Cn1ccnc1[C@@H](O)C1CCN(C(=O)c2cn3c4c(cccc4c2=O)CC3)CC1. The van der Waals surface area contributed by atoms with E-state index < -0.39 is 6.10 Å². The normalized spacial score (nSPS) is 17.8. The first-order valence-corrected chi connectivity index (χ1v) is 10.1. The summed E-state index contributed by atoms with van der Waals surface area (Å²) >= 11 is 0. The Kier molecular flexibility index (Phi) is 4.28. The van der Waals surface area contributed by atoms with Gasteiger partial charge in [0.05, 0.1) is 5.52 Å². The molecule has 7 heteroatoms. The van der Waals surface area contributed by atoms with Crippen molar-refractivity contribution in [3.05, 3.63) is 64.0 Å². The minimum atomic E-state index is -0.641. The second-order valence-corrected chi connectivity index (χ2v) is 8.10. The van der Waals surface area contributed by atoms with Gasteiger partial charge in [-0.05, 0) is 36.8 Å². The molecule has 150 valence electrons. The average Bonchev–Trinajstić information content (AvgIpc) is 3.36. The molecule has 0 bridgehead atoms. The van der Waals surface area contributed by atoms with Crippen LogP contribution in [0.2, 0.25) is 0 Å². The van der Waals surface area contributed by atoms with Gasteiger partial charge in [0.1, 0.15) is 17.5 Å². The quantitative estimate of drug-likeness (QED) is 0.738. The molecule has 7 nitrogen and oxygen atoms in total. The molecule has 1 aromatic carbocycles. The molecular formula is C22H24N4O3. The number of amides is 1. The second kappa shape index (κ2) is 6.84. The summed E-state index contributed by atoms with van der Waals surface area (Å²) in [6.07, 6.45) is 6.86. The average molecular weight is 392 g/mol. The maximum atomic E-state index is 13.1. The van der Waals surface area contributed by atoms with E-state index in [0.29, 0.717) is 37.1 Å². The molecular weight excluding hydrogens is 368 g/mol. The van der Waals surface area contributed by atoms with Gasteiger partial charge in [-0.2, -0.15) is 0 Å². The number of hydrogen-bond acceptors (Lipinski definition) is 4. The van der Waals surface area contributed by atoms with E-state index in [1.54, 1.807) is 17.3 Å². The molecule has 0 aliphatic carbocycles. The maximum Gasteiger partial charge on any atom is 0.259 e. The number of hydrogen-bond donors (Lipinski definition) is 1. The Morgan fingerprint density at radius 3 is 2.76 bits per heavy atom. The van der Waals surface area contributed by atoms with E-state index in [2.05, 4.69) is 4.98 Å². The number of imidazole rings is 1. The summed E-state index contributed by atoms with van der Waals surface area (Å²) in [6.45, 7) is 1.86. The Morgan fingerprint density at radius 2 is 2.03 bits per heavy atom. The van der Waals surface area contributed by atoms with Crippen LogP contribution in [0.5, 0.6) is 0 Å². The number of rotatable bonds is 3. The van der Waals surface area contributed by atoms with Crippen molar-refractivity contribution in [2.24, 2.45) is 13.0 Å². The molecule has 5 rings (SSSR count). The van der Waals surface area contributed by atoms with Gasteiger partial charge in [0.2, 0.25) is 5.43 Å². The molecule has 1 N–H and O–H groups in total. The van der Waals surface area contributed by atoms with Crippen LogP contribution in [0.3, 0.4) is 0 Å². The highest BCUT2D eigenvalue weighted by molar-refractivity contribution is 5.98. The van der Waals surface area contributed by atoms with E-state index >= 15 is 0 Å². The third-order valence-electron chi connectivity index (χ3n) is 6.43. The summed E-state index contributed by atoms with van der Waals surface area (Å²) in [7, 11) is 1.87. The standard InChI is InChI=1S/C22H24N4O3/c1-24-12-8-23-21(24)19(27)15-6-9-25(10-7-15)22(29)17-13-26-11-5-14-3-2-4-16(18(14)26)20(17)28/h2-4,8,12-13,15,19,27H,5-7,9-11H2,1H3/t19-/m0/s1. The maximum absolute atomic E-state index is 13.1. The molecule has 1 saturated heterocycles. The van der Waals surface area contributed by atoms with E-state index in [1.165, 1.54) is 5.56 Å². The van der Waals surface area contributed by atoms with Crippen molar-refractivity contribution in [1.82, 2.24) is 19.0 Å². The summed E-state index contributed by atoms with van der Waals surface area (Å²) < 4.78 is 3.87. The van der Waals surface area contributed by atoms with Crippen LogP contribution in [-0.4, -0.2) is 43.1 Å². The van der Waals surface area contributed by atoms with Crippen LogP contribution in [0, 0.1) is 5.92 Å². The number of aryl methyl sites for hydroxylation is 3. The van der Waals surface area contributed by atoms with Gasteiger partial charge in [-0.1, -0.05) is 12.1 Å². The molecule has 29 heavy (non-hydrogen) atoms. The van der Waals surface area contributed by atoms with Gasteiger partial charge in [-0.25, -0.2) is 4.98 Å². The number of likely N-dealkylation sites (tertiary alicyclic amines) is 1. The Balaban J connectivity index is 1.36. The topological polar surface area (TPSA) is 80.4 Å². The zero-order valence-corrected chi connectivity index (χ0v) is 16.4. The largest absolute Gasteiger partial charge is 0.385 e. The van der Waals surface area contributed by atoms with Gasteiger partial charge in [-0.3, -0.25) is 9.59 Å². The summed E-state index contributed by atoms with van der Waals surface area (Å²) in [5.74, 6) is 0.502. The lowest BCUT2D eigenvalue weighted by atomic mass is 9.90. The highest BCUT2D eigenvalue weighted by Gasteiger charge is 2.31. The molecule has 0 unspecified atom stereocenters. The number of aliphatic hydroxyl groups is 1. The molecule has 1 amide bonds. The predicted molar refractivity (Wildman–Crippen MR) is 109 cm³/mol. The van der Waals surface area contributed by atoms with Gasteiger partial charge in [0, 0.05) is 50.7 Å². The van der Waals surface area contributed by atoms with Crippen molar-refractivity contribution in [3.8, 4) is 0 Å². The van der Waals surface area contributed by atoms with Gasteiger partial charge in [0.25, 0.3) is 5.91 Å². The lowest BCUT2D eigenvalue weighted by molar-refractivity contribution is 0.0419. The van der Waals surface area contributed by atoms with E-state index in [-0.39, 0.29) is 22.8 Å². The number of carbonyl (C=O) groups excluding carboxylic acids is 1. The van der Waals surface area contributed by atoms with Gasteiger partial charge < -0.3 is 19.1 Å². The molecule has 3 aromatic rings. The number of aromatic nitrogens is 3. The fourth-order valence-electron chi connectivity index (χ4n) is 4.77. The first kappa shape index (κ1) is 18.1. The number of benzene rings is 1. The Bertz CT molecular complexity index is 1150. The lowest BCUT2D eigenvalue weighted by Crippen LogP contribution is -2.41. The molecule has 0 saturated carbocycles. The Morgan fingerprint density at radius 1 is 1.24 bits per heavy atom. The molecule has 2 aromatic heterocycles. The first-order chi connectivity index (χ1) is 14.0. The van der Waals surface area contributed by atoms with Crippen molar-refractivity contribution in [2.45, 2.75) is 31.9 Å².